The molecule has 3 heteroatoms. The van der Waals surface area contributed by atoms with Crippen LogP contribution in [0.1, 0.15) is 11.3 Å². The number of aliphatic hydroxyl groups is 1. The Morgan fingerprint density at radius 3 is 2.53 bits per heavy atom. The highest BCUT2D eigenvalue weighted by Gasteiger charge is 2.04. The van der Waals surface area contributed by atoms with Crippen LogP contribution in [0.4, 0.5) is 0 Å². The normalized spacial score (nSPS) is 9.87. The van der Waals surface area contributed by atoms with Crippen molar-refractivity contribution in [2.24, 2.45) is 0 Å². The Morgan fingerprint density at radius 2 is 1.93 bits per heavy atom. The lowest BCUT2D eigenvalue weighted by Gasteiger charge is -2.00. The van der Waals surface area contributed by atoms with E-state index in [1.165, 1.54) is 0 Å². The maximum absolute atomic E-state index is 8.90. The first-order valence-corrected chi connectivity index (χ1v) is 4.63. The molecule has 1 aromatic carbocycles. The molecule has 15 heavy (non-hydrogen) atoms. The van der Waals surface area contributed by atoms with E-state index in [-0.39, 0.29) is 6.61 Å². The Morgan fingerprint density at radius 1 is 1.20 bits per heavy atom. The fourth-order valence-electron chi connectivity index (χ4n) is 1.49. The first-order valence-electron chi connectivity index (χ1n) is 4.63. The number of rotatable bonds is 2. The summed E-state index contributed by atoms with van der Waals surface area (Å²) in [5.74, 6) is 0. The molecule has 1 heterocycles. The molecule has 0 aliphatic heterocycles. The number of aliphatic hydroxyl groups excluding tert-OH is 1. The molecular weight excluding hydrogens is 188 g/mol. The maximum Gasteiger partial charge on any atom is 0.125 e. The first kappa shape index (κ1) is 9.50. The molecule has 0 unspecified atom stereocenters. The molecule has 0 fully saturated rings. The molecule has 1 aromatic heterocycles. The second-order valence-corrected chi connectivity index (χ2v) is 3.23. The Balaban J connectivity index is 2.42. The van der Waals surface area contributed by atoms with Gasteiger partial charge >= 0.3 is 0 Å². The largest absolute Gasteiger partial charge is 0.392 e. The highest BCUT2D eigenvalue weighted by molar-refractivity contribution is 5.69. The SMILES string of the molecule is N#Cc1[nH]ccc1-c1ccc(CO)cc1. The van der Waals surface area contributed by atoms with Crippen molar-refractivity contribution in [2.45, 2.75) is 6.61 Å². The maximum atomic E-state index is 8.90. The molecule has 0 bridgehead atoms. The smallest absolute Gasteiger partial charge is 0.125 e. The summed E-state index contributed by atoms with van der Waals surface area (Å²) in [4.78, 5) is 2.87. The summed E-state index contributed by atoms with van der Waals surface area (Å²) in [5, 5.41) is 17.7. The van der Waals surface area contributed by atoms with Crippen LogP contribution in [-0.4, -0.2) is 10.1 Å². The van der Waals surface area contributed by atoms with E-state index in [0.717, 1.165) is 16.7 Å². The zero-order valence-corrected chi connectivity index (χ0v) is 8.07. The van der Waals surface area contributed by atoms with Gasteiger partial charge in [-0.25, -0.2) is 0 Å². The Bertz CT molecular complexity index is 491. The van der Waals surface area contributed by atoms with Gasteiger partial charge < -0.3 is 10.1 Å². The number of hydrogen-bond acceptors (Lipinski definition) is 2. The lowest BCUT2D eigenvalue weighted by Crippen LogP contribution is -1.84. The average Bonchev–Trinajstić information content (AvgIpc) is 2.77. The predicted octanol–water partition coefficient (Wildman–Crippen LogP) is 2.05. The van der Waals surface area contributed by atoms with Gasteiger partial charge in [-0.3, -0.25) is 0 Å². The molecule has 0 aliphatic carbocycles. The average molecular weight is 198 g/mol. The minimum absolute atomic E-state index is 0.0402. The van der Waals surface area contributed by atoms with Gasteiger partial charge in [0, 0.05) is 11.8 Å². The summed E-state index contributed by atoms with van der Waals surface area (Å²) < 4.78 is 0. The summed E-state index contributed by atoms with van der Waals surface area (Å²) in [6.45, 7) is 0.0402. The third-order valence-electron chi connectivity index (χ3n) is 2.31. The fourth-order valence-corrected chi connectivity index (χ4v) is 1.49. The number of nitrogens with one attached hydrogen (secondary N) is 1. The van der Waals surface area contributed by atoms with E-state index in [4.69, 9.17) is 10.4 Å². The molecule has 0 atom stereocenters. The monoisotopic (exact) mass is 198 g/mol. The number of nitriles is 1. The van der Waals surface area contributed by atoms with Crippen LogP contribution < -0.4 is 0 Å². The van der Waals surface area contributed by atoms with Gasteiger partial charge in [0.1, 0.15) is 11.8 Å². The molecule has 0 aliphatic rings. The Labute approximate surface area is 87.6 Å². The standard InChI is InChI=1S/C12H10N2O/c13-7-12-11(5-6-14-12)10-3-1-9(8-15)2-4-10/h1-6,14-15H,8H2. The summed E-state index contributed by atoms with van der Waals surface area (Å²) >= 11 is 0. The number of H-pyrrole nitrogens is 1. The van der Waals surface area contributed by atoms with Gasteiger partial charge in [-0.1, -0.05) is 24.3 Å². The summed E-state index contributed by atoms with van der Waals surface area (Å²) in [7, 11) is 0. The van der Waals surface area contributed by atoms with Crippen molar-refractivity contribution >= 4 is 0 Å². The third kappa shape index (κ3) is 1.76. The minimum atomic E-state index is 0.0402. The van der Waals surface area contributed by atoms with Crippen molar-refractivity contribution in [3.63, 3.8) is 0 Å². The molecule has 0 saturated heterocycles. The number of benzene rings is 1. The van der Waals surface area contributed by atoms with Crippen molar-refractivity contribution < 1.29 is 5.11 Å². The fraction of sp³-hybridized carbons (Fsp3) is 0.0833. The lowest BCUT2D eigenvalue weighted by molar-refractivity contribution is 0.282. The lowest BCUT2D eigenvalue weighted by atomic mass is 10.0. The zero-order chi connectivity index (χ0) is 10.7. The Kier molecular flexibility index (Phi) is 2.53. The van der Waals surface area contributed by atoms with E-state index < -0.39 is 0 Å². The molecule has 74 valence electrons. The second kappa shape index (κ2) is 3.99. The van der Waals surface area contributed by atoms with Gasteiger partial charge in [0.05, 0.1) is 6.61 Å². The number of aromatic nitrogens is 1. The molecule has 2 aromatic rings. The zero-order valence-electron chi connectivity index (χ0n) is 8.07. The van der Waals surface area contributed by atoms with E-state index in [1.807, 2.05) is 30.3 Å². The van der Waals surface area contributed by atoms with Crippen LogP contribution in [0, 0.1) is 11.3 Å². The van der Waals surface area contributed by atoms with Crippen LogP contribution in [0.3, 0.4) is 0 Å². The summed E-state index contributed by atoms with van der Waals surface area (Å²) in [6, 6.07) is 11.5. The summed E-state index contributed by atoms with van der Waals surface area (Å²) in [6.07, 6.45) is 1.74. The van der Waals surface area contributed by atoms with Gasteiger partial charge in [-0.05, 0) is 17.2 Å². The molecule has 0 radical (unpaired) electrons. The van der Waals surface area contributed by atoms with E-state index in [9.17, 15) is 0 Å². The van der Waals surface area contributed by atoms with Crippen molar-refractivity contribution in [2.75, 3.05) is 0 Å². The van der Waals surface area contributed by atoms with Gasteiger partial charge in [0.15, 0.2) is 0 Å². The van der Waals surface area contributed by atoms with Crippen LogP contribution in [0.15, 0.2) is 36.5 Å². The highest BCUT2D eigenvalue weighted by atomic mass is 16.3. The van der Waals surface area contributed by atoms with Crippen molar-refractivity contribution in [1.82, 2.24) is 4.98 Å². The van der Waals surface area contributed by atoms with Gasteiger partial charge in [0.2, 0.25) is 0 Å². The number of hydrogen-bond donors (Lipinski definition) is 2. The van der Waals surface area contributed by atoms with Crippen molar-refractivity contribution in [3.8, 4) is 17.2 Å². The van der Waals surface area contributed by atoms with Crippen molar-refractivity contribution in [3.05, 3.63) is 47.8 Å². The van der Waals surface area contributed by atoms with Gasteiger partial charge in [0.25, 0.3) is 0 Å². The van der Waals surface area contributed by atoms with Crippen LogP contribution in [-0.2, 0) is 6.61 Å². The predicted molar refractivity (Wildman–Crippen MR) is 56.9 cm³/mol. The third-order valence-corrected chi connectivity index (χ3v) is 2.31. The van der Waals surface area contributed by atoms with E-state index in [1.54, 1.807) is 6.20 Å². The topological polar surface area (TPSA) is 59.8 Å². The van der Waals surface area contributed by atoms with Crippen LogP contribution in [0.25, 0.3) is 11.1 Å². The minimum Gasteiger partial charge on any atom is -0.392 e. The van der Waals surface area contributed by atoms with Crippen LogP contribution >= 0.6 is 0 Å². The Hall–Kier alpha value is -2.05. The highest BCUT2D eigenvalue weighted by Crippen LogP contribution is 2.22. The molecule has 0 amide bonds. The second-order valence-electron chi connectivity index (χ2n) is 3.23. The van der Waals surface area contributed by atoms with E-state index >= 15 is 0 Å². The summed E-state index contributed by atoms with van der Waals surface area (Å²) in [5.41, 5.74) is 3.30. The van der Waals surface area contributed by atoms with E-state index in [2.05, 4.69) is 11.1 Å². The number of nitrogens with zero attached hydrogens (tertiary/aromatic N) is 1. The van der Waals surface area contributed by atoms with Crippen LogP contribution in [0.5, 0.6) is 0 Å². The van der Waals surface area contributed by atoms with Crippen molar-refractivity contribution in [1.29, 1.82) is 5.26 Å². The van der Waals surface area contributed by atoms with Crippen LogP contribution in [0.2, 0.25) is 0 Å². The molecule has 0 saturated carbocycles. The first-order chi connectivity index (χ1) is 7.35. The number of aromatic amines is 1. The molecule has 2 N–H and O–H groups in total. The van der Waals surface area contributed by atoms with E-state index in [0.29, 0.717) is 5.69 Å². The van der Waals surface area contributed by atoms with Gasteiger partial charge in [-0.2, -0.15) is 5.26 Å². The molecule has 3 nitrogen and oxygen atoms in total. The molecule has 0 spiro atoms. The molecular formula is C12H10N2O. The molecule has 2 rings (SSSR count). The quantitative estimate of drug-likeness (QED) is 0.775. The van der Waals surface area contributed by atoms with Gasteiger partial charge in [-0.15, -0.1) is 0 Å².